The second-order valence-corrected chi connectivity index (χ2v) is 7.59. The molecule has 2 aromatic carbocycles. The van der Waals surface area contributed by atoms with E-state index >= 15 is 0 Å². The summed E-state index contributed by atoms with van der Waals surface area (Å²) in [5.74, 6) is -0.0549. The van der Waals surface area contributed by atoms with Gasteiger partial charge in [-0.3, -0.25) is 20.7 Å². The number of carbonyl (C=O) groups excluding carboxylic acids is 2. The van der Waals surface area contributed by atoms with Crippen molar-refractivity contribution in [1.82, 2.24) is 21.3 Å². The summed E-state index contributed by atoms with van der Waals surface area (Å²) in [5, 5.41) is 12.6. The Morgan fingerprint density at radius 1 is 1.12 bits per heavy atom. The molecule has 2 aliphatic heterocycles. The van der Waals surface area contributed by atoms with Crippen molar-refractivity contribution >= 4 is 17.6 Å². The fourth-order valence-corrected chi connectivity index (χ4v) is 3.94. The van der Waals surface area contributed by atoms with Gasteiger partial charge in [-0.2, -0.15) is 0 Å². The Labute approximate surface area is 185 Å². The zero-order valence-electron chi connectivity index (χ0n) is 17.9. The standard InChI is InChI=1S/C22H26FN5O4/c1-31-17-7-6-13(10-18(17)32-2)8-9-24-21-25-12-16-19(26-21)27-22(30)28(20(16)29)15-5-3-4-14(23)11-15/h3-7,10-11,16,19,21,24-26H,8-9,12H2,1-2H3,(H,27,30). The predicted octanol–water partition coefficient (Wildman–Crippen LogP) is 1.15. The van der Waals surface area contributed by atoms with Crippen molar-refractivity contribution in [1.29, 1.82) is 0 Å². The zero-order chi connectivity index (χ0) is 22.7. The van der Waals surface area contributed by atoms with Crippen molar-refractivity contribution in [2.24, 2.45) is 5.92 Å². The highest BCUT2D eigenvalue weighted by Crippen LogP contribution is 2.27. The number of carbonyl (C=O) groups is 2. The van der Waals surface area contributed by atoms with E-state index in [1.54, 1.807) is 14.2 Å². The van der Waals surface area contributed by atoms with Crippen LogP contribution in [0.4, 0.5) is 14.9 Å². The number of ether oxygens (including phenoxy) is 2. The third kappa shape index (κ3) is 4.52. The van der Waals surface area contributed by atoms with Crippen molar-refractivity contribution in [3.05, 3.63) is 53.8 Å². The molecule has 2 saturated heterocycles. The van der Waals surface area contributed by atoms with Crippen molar-refractivity contribution in [3.63, 3.8) is 0 Å². The van der Waals surface area contributed by atoms with E-state index in [9.17, 15) is 14.0 Å². The maximum absolute atomic E-state index is 13.6. The molecule has 10 heteroatoms. The molecule has 0 spiro atoms. The van der Waals surface area contributed by atoms with Gasteiger partial charge in [0.15, 0.2) is 11.5 Å². The number of methoxy groups -OCH3 is 2. The van der Waals surface area contributed by atoms with Gasteiger partial charge in [-0.15, -0.1) is 0 Å². The van der Waals surface area contributed by atoms with Crippen molar-refractivity contribution < 1.29 is 23.5 Å². The molecule has 2 aromatic rings. The summed E-state index contributed by atoms with van der Waals surface area (Å²) in [6, 6.07) is 10.6. The Kier molecular flexibility index (Phi) is 6.54. The number of nitrogens with one attached hydrogen (secondary N) is 4. The van der Waals surface area contributed by atoms with E-state index in [1.807, 2.05) is 18.2 Å². The molecule has 4 rings (SSSR count). The van der Waals surface area contributed by atoms with Gasteiger partial charge in [0.05, 0.1) is 32.0 Å². The van der Waals surface area contributed by atoms with E-state index in [-0.39, 0.29) is 17.9 Å². The molecule has 0 aromatic heterocycles. The van der Waals surface area contributed by atoms with Crippen LogP contribution in [0.15, 0.2) is 42.5 Å². The molecule has 170 valence electrons. The summed E-state index contributed by atoms with van der Waals surface area (Å²) in [4.78, 5) is 26.5. The Morgan fingerprint density at radius 2 is 1.94 bits per heavy atom. The van der Waals surface area contributed by atoms with Gasteiger partial charge in [-0.05, 0) is 42.3 Å². The first-order valence-corrected chi connectivity index (χ1v) is 10.3. The number of rotatable bonds is 7. The number of amides is 3. The molecular formula is C22H26FN5O4. The van der Waals surface area contributed by atoms with Gasteiger partial charge in [-0.1, -0.05) is 12.1 Å². The molecule has 3 unspecified atom stereocenters. The van der Waals surface area contributed by atoms with Crippen LogP contribution < -0.4 is 35.6 Å². The summed E-state index contributed by atoms with van der Waals surface area (Å²) in [5.41, 5.74) is 1.29. The largest absolute Gasteiger partial charge is 0.493 e. The highest BCUT2D eigenvalue weighted by atomic mass is 19.1. The van der Waals surface area contributed by atoms with E-state index in [4.69, 9.17) is 9.47 Å². The molecule has 3 atom stereocenters. The zero-order valence-corrected chi connectivity index (χ0v) is 17.9. The molecule has 0 radical (unpaired) electrons. The second kappa shape index (κ2) is 9.51. The second-order valence-electron chi connectivity index (χ2n) is 7.59. The van der Waals surface area contributed by atoms with Crippen molar-refractivity contribution in [3.8, 4) is 11.5 Å². The summed E-state index contributed by atoms with van der Waals surface area (Å²) < 4.78 is 24.2. The molecular weight excluding hydrogens is 417 g/mol. The van der Waals surface area contributed by atoms with Gasteiger partial charge in [0.1, 0.15) is 12.1 Å². The highest BCUT2D eigenvalue weighted by Gasteiger charge is 2.44. The minimum absolute atomic E-state index is 0.209. The number of hydrogen-bond acceptors (Lipinski definition) is 7. The lowest BCUT2D eigenvalue weighted by Crippen LogP contribution is -2.74. The van der Waals surface area contributed by atoms with E-state index in [2.05, 4.69) is 21.3 Å². The van der Waals surface area contributed by atoms with Crippen LogP contribution in [-0.2, 0) is 11.2 Å². The molecule has 2 heterocycles. The van der Waals surface area contributed by atoms with Crippen LogP contribution in [0.2, 0.25) is 0 Å². The molecule has 3 amide bonds. The van der Waals surface area contributed by atoms with Crippen LogP contribution >= 0.6 is 0 Å². The highest BCUT2D eigenvalue weighted by molar-refractivity contribution is 6.17. The average Bonchev–Trinajstić information content (AvgIpc) is 2.79. The maximum atomic E-state index is 13.6. The van der Waals surface area contributed by atoms with Gasteiger partial charge in [0.25, 0.3) is 0 Å². The van der Waals surface area contributed by atoms with Gasteiger partial charge < -0.3 is 14.8 Å². The summed E-state index contributed by atoms with van der Waals surface area (Å²) in [6.07, 6.45) is -0.0719. The Hall–Kier alpha value is -3.21. The quantitative estimate of drug-likeness (QED) is 0.509. The van der Waals surface area contributed by atoms with Crippen LogP contribution in [0.1, 0.15) is 5.56 Å². The fraction of sp³-hybridized carbons (Fsp3) is 0.364. The normalized spacial score (nSPS) is 22.8. The van der Waals surface area contributed by atoms with Crippen LogP contribution in [-0.4, -0.2) is 51.7 Å². The molecule has 2 fully saturated rings. The number of anilines is 1. The van der Waals surface area contributed by atoms with Gasteiger partial charge in [0.2, 0.25) is 5.91 Å². The first-order chi connectivity index (χ1) is 15.5. The number of fused-ring (bicyclic) bond motifs is 1. The third-order valence-corrected chi connectivity index (χ3v) is 5.59. The molecule has 4 N–H and O–H groups in total. The monoisotopic (exact) mass is 443 g/mol. The Morgan fingerprint density at radius 3 is 2.69 bits per heavy atom. The van der Waals surface area contributed by atoms with Gasteiger partial charge in [-0.25, -0.2) is 14.1 Å². The molecule has 32 heavy (non-hydrogen) atoms. The van der Waals surface area contributed by atoms with E-state index < -0.39 is 23.9 Å². The topological polar surface area (TPSA) is 104 Å². The van der Waals surface area contributed by atoms with E-state index in [0.29, 0.717) is 24.6 Å². The van der Waals surface area contributed by atoms with E-state index in [0.717, 1.165) is 16.9 Å². The molecule has 2 aliphatic rings. The number of benzene rings is 2. The smallest absolute Gasteiger partial charge is 0.330 e. The SMILES string of the molecule is COc1ccc(CCNC2NCC3C(=O)N(c4cccc(F)c4)C(=O)NC3N2)cc1OC. The van der Waals surface area contributed by atoms with Crippen molar-refractivity contribution in [2.75, 3.05) is 32.2 Å². The lowest BCUT2D eigenvalue weighted by atomic mass is 9.99. The van der Waals surface area contributed by atoms with E-state index in [1.165, 1.54) is 24.3 Å². The molecule has 0 aliphatic carbocycles. The minimum atomic E-state index is -0.583. The maximum Gasteiger partial charge on any atom is 0.330 e. The first kappa shape index (κ1) is 22.0. The first-order valence-electron chi connectivity index (χ1n) is 10.3. The predicted molar refractivity (Wildman–Crippen MR) is 116 cm³/mol. The van der Waals surface area contributed by atoms with Crippen LogP contribution in [0, 0.1) is 11.7 Å². The van der Waals surface area contributed by atoms with Gasteiger partial charge in [0, 0.05) is 13.1 Å². The summed E-state index contributed by atoms with van der Waals surface area (Å²) in [7, 11) is 3.19. The average molecular weight is 443 g/mol. The third-order valence-electron chi connectivity index (χ3n) is 5.59. The van der Waals surface area contributed by atoms with Crippen LogP contribution in [0.25, 0.3) is 0 Å². The number of halogens is 1. The Balaban J connectivity index is 1.33. The number of nitrogens with zero attached hydrogens (tertiary/aromatic N) is 1. The minimum Gasteiger partial charge on any atom is -0.493 e. The lowest BCUT2D eigenvalue weighted by molar-refractivity contribution is -0.124. The summed E-state index contributed by atoms with van der Waals surface area (Å²) in [6.45, 7) is 1.01. The van der Waals surface area contributed by atoms with Crippen LogP contribution in [0.3, 0.4) is 0 Å². The molecule has 9 nitrogen and oxygen atoms in total. The van der Waals surface area contributed by atoms with Gasteiger partial charge >= 0.3 is 6.03 Å². The fourth-order valence-electron chi connectivity index (χ4n) is 3.94. The van der Waals surface area contributed by atoms with Crippen LogP contribution in [0.5, 0.6) is 11.5 Å². The van der Waals surface area contributed by atoms with Crippen molar-refractivity contribution in [2.45, 2.75) is 18.9 Å². The Bertz CT molecular complexity index is 1000. The number of imide groups is 1. The molecule has 0 saturated carbocycles. The number of urea groups is 1. The number of hydrogen-bond donors (Lipinski definition) is 4. The lowest BCUT2D eigenvalue weighted by Gasteiger charge is -2.43. The summed E-state index contributed by atoms with van der Waals surface area (Å²) >= 11 is 0. The molecule has 0 bridgehead atoms.